The van der Waals surface area contributed by atoms with Crippen LogP contribution >= 0.6 is 0 Å². The van der Waals surface area contributed by atoms with E-state index < -0.39 is 0 Å². The molecule has 1 aromatic carbocycles. The number of piperazine rings is 1. The molecule has 0 N–H and O–H groups in total. The molecule has 2 aliphatic heterocycles. The van der Waals surface area contributed by atoms with E-state index >= 15 is 0 Å². The Morgan fingerprint density at radius 2 is 1.61 bits per heavy atom. The molecule has 4 rings (SSSR count). The molecule has 0 saturated carbocycles. The van der Waals surface area contributed by atoms with Crippen LogP contribution in [0.15, 0.2) is 36.5 Å². The number of benzene rings is 1. The lowest BCUT2D eigenvalue weighted by molar-refractivity contribution is 0.0691. The summed E-state index contributed by atoms with van der Waals surface area (Å²) in [5, 5.41) is 0. The summed E-state index contributed by atoms with van der Waals surface area (Å²) in [6, 6.07) is 8.29. The minimum absolute atomic E-state index is 0.000461. The van der Waals surface area contributed by atoms with E-state index in [4.69, 9.17) is 0 Å². The number of aromatic nitrogens is 2. The monoisotopic (exact) mass is 383 g/mol. The van der Waals surface area contributed by atoms with Crippen molar-refractivity contribution in [3.8, 4) is 0 Å². The third-order valence-corrected chi connectivity index (χ3v) is 5.69. The summed E-state index contributed by atoms with van der Waals surface area (Å²) in [5.41, 5.74) is 1.49. The van der Waals surface area contributed by atoms with Crippen LogP contribution in [0.5, 0.6) is 0 Å². The number of likely N-dealkylation sites (tertiary alicyclic amines) is 1. The van der Waals surface area contributed by atoms with Gasteiger partial charge in [-0.3, -0.25) is 4.79 Å². The van der Waals surface area contributed by atoms with Crippen molar-refractivity contribution < 1.29 is 9.18 Å². The van der Waals surface area contributed by atoms with E-state index in [9.17, 15) is 9.18 Å². The summed E-state index contributed by atoms with van der Waals surface area (Å²) in [7, 11) is 0. The Balaban J connectivity index is 1.39. The second-order valence-electron chi connectivity index (χ2n) is 7.67. The number of carbonyl (C=O) groups excluding carboxylic acids is 1. The number of rotatable bonds is 3. The highest BCUT2D eigenvalue weighted by Gasteiger charge is 2.24. The number of hydrogen-bond donors (Lipinski definition) is 0. The van der Waals surface area contributed by atoms with E-state index in [1.807, 2.05) is 4.90 Å². The van der Waals surface area contributed by atoms with Crippen LogP contribution in [0.1, 0.15) is 30.3 Å². The van der Waals surface area contributed by atoms with Crippen LogP contribution in [0.3, 0.4) is 0 Å². The molecule has 6 nitrogen and oxygen atoms in total. The highest BCUT2D eigenvalue weighted by Crippen LogP contribution is 2.20. The molecule has 1 amide bonds. The normalized spacial score (nSPS) is 18.4. The Kier molecular flexibility index (Phi) is 5.41. The lowest BCUT2D eigenvalue weighted by Gasteiger charge is -2.36. The molecule has 0 aliphatic carbocycles. The quantitative estimate of drug-likeness (QED) is 0.816. The second kappa shape index (κ2) is 8.12. The summed E-state index contributed by atoms with van der Waals surface area (Å²) in [5.74, 6) is 1.07. The van der Waals surface area contributed by atoms with Gasteiger partial charge in [-0.1, -0.05) is 6.92 Å². The first-order valence-electron chi connectivity index (χ1n) is 9.98. The zero-order valence-corrected chi connectivity index (χ0v) is 16.2. The minimum Gasteiger partial charge on any atom is -0.368 e. The van der Waals surface area contributed by atoms with Crippen LogP contribution in [0.25, 0.3) is 0 Å². The van der Waals surface area contributed by atoms with Gasteiger partial charge in [0, 0.05) is 51.2 Å². The fraction of sp³-hybridized carbons (Fsp3) is 0.476. The van der Waals surface area contributed by atoms with Crippen LogP contribution in [0, 0.1) is 11.7 Å². The van der Waals surface area contributed by atoms with Gasteiger partial charge in [0.1, 0.15) is 11.5 Å². The van der Waals surface area contributed by atoms with Crippen molar-refractivity contribution in [3.05, 3.63) is 48.0 Å². The molecular formula is C21H26FN5O. The van der Waals surface area contributed by atoms with Crippen LogP contribution < -0.4 is 9.80 Å². The predicted octanol–water partition coefficient (Wildman–Crippen LogP) is 2.81. The second-order valence-corrected chi connectivity index (χ2v) is 7.67. The first-order valence-corrected chi connectivity index (χ1v) is 9.98. The number of piperidine rings is 1. The van der Waals surface area contributed by atoms with Gasteiger partial charge in [0.25, 0.3) is 5.91 Å². The van der Waals surface area contributed by atoms with E-state index in [1.165, 1.54) is 12.1 Å². The van der Waals surface area contributed by atoms with Gasteiger partial charge in [-0.15, -0.1) is 0 Å². The molecule has 2 aromatic rings. The maximum Gasteiger partial charge on any atom is 0.272 e. The number of anilines is 2. The molecule has 0 radical (unpaired) electrons. The van der Waals surface area contributed by atoms with Crippen LogP contribution in [-0.4, -0.2) is 60.0 Å². The van der Waals surface area contributed by atoms with Crippen molar-refractivity contribution in [1.82, 2.24) is 14.9 Å². The molecule has 7 heteroatoms. The zero-order valence-electron chi connectivity index (χ0n) is 16.2. The Bertz CT molecular complexity index is 812. The van der Waals surface area contributed by atoms with Gasteiger partial charge >= 0.3 is 0 Å². The summed E-state index contributed by atoms with van der Waals surface area (Å²) in [6.45, 7) is 6.96. The molecule has 0 unspecified atom stereocenters. The highest BCUT2D eigenvalue weighted by molar-refractivity contribution is 5.92. The Hall–Kier alpha value is -2.70. The zero-order chi connectivity index (χ0) is 19.5. The molecule has 28 heavy (non-hydrogen) atoms. The van der Waals surface area contributed by atoms with Crippen LogP contribution in [0.2, 0.25) is 0 Å². The van der Waals surface area contributed by atoms with Crippen LogP contribution in [-0.2, 0) is 0 Å². The molecule has 2 fully saturated rings. The standard InChI is InChI=1S/C21H26FN5O/c1-16-7-10-26(11-8-16)20(28)19-6-9-23-21(24-19)27-14-12-25(13-15-27)18-4-2-17(22)3-5-18/h2-6,9,16H,7-8,10-15H2,1H3. The predicted molar refractivity (Wildman–Crippen MR) is 107 cm³/mol. The third kappa shape index (κ3) is 4.08. The fourth-order valence-electron chi connectivity index (χ4n) is 3.81. The Morgan fingerprint density at radius 3 is 2.29 bits per heavy atom. The first kappa shape index (κ1) is 18.7. The maximum atomic E-state index is 13.1. The lowest BCUT2D eigenvalue weighted by Crippen LogP contribution is -2.47. The summed E-state index contributed by atoms with van der Waals surface area (Å²) >= 11 is 0. The molecule has 3 heterocycles. The number of carbonyl (C=O) groups is 1. The van der Waals surface area contributed by atoms with Gasteiger partial charge in [-0.05, 0) is 49.1 Å². The molecule has 2 saturated heterocycles. The molecule has 148 valence electrons. The van der Waals surface area contributed by atoms with Gasteiger partial charge in [0.15, 0.2) is 0 Å². The Morgan fingerprint density at radius 1 is 0.964 bits per heavy atom. The van der Waals surface area contributed by atoms with Gasteiger partial charge in [0.2, 0.25) is 5.95 Å². The van der Waals surface area contributed by atoms with Crippen molar-refractivity contribution in [1.29, 1.82) is 0 Å². The first-order chi connectivity index (χ1) is 13.6. The summed E-state index contributed by atoms with van der Waals surface area (Å²) in [4.78, 5) is 28.0. The average Bonchev–Trinajstić information content (AvgIpc) is 2.75. The van der Waals surface area contributed by atoms with E-state index in [0.717, 1.165) is 57.8 Å². The minimum atomic E-state index is -0.222. The fourth-order valence-corrected chi connectivity index (χ4v) is 3.81. The molecule has 0 bridgehead atoms. The average molecular weight is 383 g/mol. The maximum absolute atomic E-state index is 13.1. The van der Waals surface area contributed by atoms with Crippen molar-refractivity contribution in [2.75, 3.05) is 49.1 Å². The molecule has 0 atom stereocenters. The Labute approximate surface area is 165 Å². The third-order valence-electron chi connectivity index (χ3n) is 5.69. The van der Waals surface area contributed by atoms with E-state index in [2.05, 4.69) is 26.7 Å². The lowest BCUT2D eigenvalue weighted by atomic mass is 9.99. The SMILES string of the molecule is CC1CCN(C(=O)c2ccnc(N3CCN(c4ccc(F)cc4)CC3)n2)CC1. The largest absolute Gasteiger partial charge is 0.368 e. The number of halogens is 1. The number of amides is 1. The smallest absolute Gasteiger partial charge is 0.272 e. The van der Waals surface area contributed by atoms with E-state index in [-0.39, 0.29) is 11.7 Å². The van der Waals surface area contributed by atoms with Crippen LogP contribution in [0.4, 0.5) is 16.0 Å². The van der Waals surface area contributed by atoms with Gasteiger partial charge in [0.05, 0.1) is 0 Å². The van der Waals surface area contributed by atoms with Crippen molar-refractivity contribution in [3.63, 3.8) is 0 Å². The van der Waals surface area contributed by atoms with Gasteiger partial charge in [-0.2, -0.15) is 0 Å². The topological polar surface area (TPSA) is 52.6 Å². The van der Waals surface area contributed by atoms with Crippen molar-refractivity contribution >= 4 is 17.5 Å². The van der Waals surface area contributed by atoms with Gasteiger partial charge in [-0.25, -0.2) is 14.4 Å². The molecule has 0 spiro atoms. The van der Waals surface area contributed by atoms with Crippen molar-refractivity contribution in [2.45, 2.75) is 19.8 Å². The molecule has 1 aromatic heterocycles. The number of nitrogens with zero attached hydrogens (tertiary/aromatic N) is 5. The highest BCUT2D eigenvalue weighted by atomic mass is 19.1. The summed E-state index contributed by atoms with van der Waals surface area (Å²) in [6.07, 6.45) is 3.78. The van der Waals surface area contributed by atoms with Gasteiger partial charge < -0.3 is 14.7 Å². The summed E-state index contributed by atoms with van der Waals surface area (Å²) < 4.78 is 13.1. The number of hydrogen-bond acceptors (Lipinski definition) is 5. The molecular weight excluding hydrogens is 357 g/mol. The molecule has 2 aliphatic rings. The van der Waals surface area contributed by atoms with E-state index in [0.29, 0.717) is 17.6 Å². The van der Waals surface area contributed by atoms with E-state index in [1.54, 1.807) is 24.4 Å². The van der Waals surface area contributed by atoms with Crippen molar-refractivity contribution in [2.24, 2.45) is 5.92 Å².